The molecule has 1 amide bonds. The molecule has 1 aliphatic rings. The second-order valence-corrected chi connectivity index (χ2v) is 4.11. The molecular weight excluding hydrogens is 194 g/mol. The van der Waals surface area contributed by atoms with Gasteiger partial charge in [0, 0.05) is 26.0 Å². The van der Waals surface area contributed by atoms with E-state index in [0.717, 1.165) is 0 Å². The van der Waals surface area contributed by atoms with Gasteiger partial charge in [-0.1, -0.05) is 6.92 Å². The summed E-state index contributed by atoms with van der Waals surface area (Å²) in [4.78, 5) is 24.7. The van der Waals surface area contributed by atoms with Gasteiger partial charge in [-0.15, -0.1) is 0 Å². The Hall–Kier alpha value is -0.900. The minimum Gasteiger partial charge on any atom is -0.384 e. The number of ether oxygens (including phenoxy) is 1. The van der Waals surface area contributed by atoms with E-state index in [9.17, 15) is 9.59 Å². The van der Waals surface area contributed by atoms with E-state index in [0.29, 0.717) is 26.0 Å². The number of hydrogen-bond donors (Lipinski definition) is 0. The Bertz CT molecular complexity index is 252. The number of carbonyl (C=O) groups excluding carboxylic acids is 2. The van der Waals surface area contributed by atoms with Crippen LogP contribution in [0.2, 0.25) is 0 Å². The van der Waals surface area contributed by atoms with Crippen LogP contribution in [0.15, 0.2) is 0 Å². The Labute approximate surface area is 90.6 Å². The summed E-state index contributed by atoms with van der Waals surface area (Å²) in [6, 6.07) is -0.237. The predicted octanol–water partition coefficient (Wildman–Crippen LogP) is 0.849. The fourth-order valence-electron chi connectivity index (χ4n) is 2.18. The number of amides is 1. The lowest BCUT2D eigenvalue weighted by atomic mass is 10.1. The molecule has 4 heteroatoms. The summed E-state index contributed by atoms with van der Waals surface area (Å²) < 4.78 is 5.03. The van der Waals surface area contributed by atoms with Crippen molar-refractivity contribution in [1.82, 2.24) is 4.90 Å². The molecule has 1 saturated heterocycles. The number of ketones is 1. The molecule has 1 heterocycles. The van der Waals surface area contributed by atoms with Gasteiger partial charge in [0.2, 0.25) is 5.91 Å². The fraction of sp³-hybridized carbons (Fsp3) is 0.818. The number of carbonyl (C=O) groups is 2. The van der Waals surface area contributed by atoms with E-state index in [1.54, 1.807) is 18.9 Å². The van der Waals surface area contributed by atoms with E-state index in [4.69, 9.17) is 4.74 Å². The van der Waals surface area contributed by atoms with Crippen molar-refractivity contribution in [3.8, 4) is 0 Å². The van der Waals surface area contributed by atoms with Gasteiger partial charge >= 0.3 is 0 Å². The van der Waals surface area contributed by atoms with Crippen LogP contribution in [0.5, 0.6) is 0 Å². The maximum atomic E-state index is 11.7. The summed E-state index contributed by atoms with van der Waals surface area (Å²) in [6.45, 7) is 4.73. The third kappa shape index (κ3) is 2.78. The lowest BCUT2D eigenvalue weighted by Crippen LogP contribution is -2.40. The lowest BCUT2D eigenvalue weighted by Gasteiger charge is -2.24. The van der Waals surface area contributed by atoms with Gasteiger partial charge in [-0.05, 0) is 13.3 Å². The average Bonchev–Trinajstić information content (AvgIpc) is 2.49. The third-order valence-corrected chi connectivity index (χ3v) is 2.87. The van der Waals surface area contributed by atoms with Crippen LogP contribution in [0.3, 0.4) is 0 Å². The van der Waals surface area contributed by atoms with E-state index >= 15 is 0 Å². The second kappa shape index (κ2) is 5.26. The summed E-state index contributed by atoms with van der Waals surface area (Å²) >= 11 is 0. The van der Waals surface area contributed by atoms with Gasteiger partial charge in [0.05, 0.1) is 12.6 Å². The van der Waals surface area contributed by atoms with Gasteiger partial charge < -0.3 is 9.64 Å². The Morgan fingerprint density at radius 3 is 2.80 bits per heavy atom. The third-order valence-electron chi connectivity index (χ3n) is 2.87. The molecule has 2 unspecified atom stereocenters. The SMILES string of the molecule is CCC(C(C)=O)N1CC(COC)CC1=O. The summed E-state index contributed by atoms with van der Waals surface area (Å²) in [6.07, 6.45) is 1.21. The molecule has 1 aliphatic heterocycles. The topological polar surface area (TPSA) is 46.6 Å². The van der Waals surface area contributed by atoms with Crippen molar-refractivity contribution in [3.05, 3.63) is 0 Å². The Kier molecular flexibility index (Phi) is 4.27. The fourth-order valence-corrected chi connectivity index (χ4v) is 2.18. The first kappa shape index (κ1) is 12.2. The predicted molar refractivity (Wildman–Crippen MR) is 56.5 cm³/mol. The molecule has 0 aromatic heterocycles. The smallest absolute Gasteiger partial charge is 0.223 e. The second-order valence-electron chi connectivity index (χ2n) is 4.11. The Morgan fingerprint density at radius 2 is 2.33 bits per heavy atom. The number of nitrogens with zero attached hydrogens (tertiary/aromatic N) is 1. The monoisotopic (exact) mass is 213 g/mol. The molecule has 0 aromatic rings. The van der Waals surface area contributed by atoms with Crippen molar-refractivity contribution in [3.63, 3.8) is 0 Å². The van der Waals surface area contributed by atoms with Crippen LogP contribution in [0, 0.1) is 5.92 Å². The van der Waals surface area contributed by atoms with Crippen molar-refractivity contribution in [2.75, 3.05) is 20.3 Å². The molecule has 0 bridgehead atoms. The molecule has 0 aliphatic carbocycles. The number of likely N-dealkylation sites (tertiary alicyclic amines) is 1. The highest BCUT2D eigenvalue weighted by molar-refractivity contribution is 5.88. The van der Waals surface area contributed by atoms with E-state index < -0.39 is 0 Å². The Morgan fingerprint density at radius 1 is 1.67 bits per heavy atom. The van der Waals surface area contributed by atoms with Crippen LogP contribution < -0.4 is 0 Å². The molecular formula is C11H19NO3. The zero-order chi connectivity index (χ0) is 11.4. The van der Waals surface area contributed by atoms with Crippen LogP contribution in [-0.4, -0.2) is 42.9 Å². The largest absolute Gasteiger partial charge is 0.384 e. The van der Waals surface area contributed by atoms with Crippen LogP contribution >= 0.6 is 0 Å². The van der Waals surface area contributed by atoms with Crippen molar-refractivity contribution in [1.29, 1.82) is 0 Å². The minimum atomic E-state index is -0.237. The summed E-state index contributed by atoms with van der Waals surface area (Å²) in [7, 11) is 1.63. The van der Waals surface area contributed by atoms with Crippen LogP contribution in [-0.2, 0) is 14.3 Å². The first-order valence-corrected chi connectivity index (χ1v) is 5.39. The van der Waals surface area contributed by atoms with Gasteiger partial charge in [0.1, 0.15) is 0 Å². The molecule has 2 atom stereocenters. The molecule has 86 valence electrons. The molecule has 1 rings (SSSR count). The highest BCUT2D eigenvalue weighted by Crippen LogP contribution is 2.22. The summed E-state index contributed by atoms with van der Waals surface area (Å²) in [5.41, 5.74) is 0. The zero-order valence-electron chi connectivity index (χ0n) is 9.66. The first-order chi connectivity index (χ1) is 7.10. The molecule has 1 fully saturated rings. The maximum absolute atomic E-state index is 11.7. The van der Waals surface area contributed by atoms with Gasteiger partial charge in [0.25, 0.3) is 0 Å². The van der Waals surface area contributed by atoms with Gasteiger partial charge in [-0.3, -0.25) is 9.59 Å². The average molecular weight is 213 g/mol. The normalized spacial score (nSPS) is 23.3. The molecule has 0 aromatic carbocycles. The molecule has 15 heavy (non-hydrogen) atoms. The highest BCUT2D eigenvalue weighted by Gasteiger charge is 2.35. The summed E-state index contributed by atoms with van der Waals surface area (Å²) in [5, 5.41) is 0. The highest BCUT2D eigenvalue weighted by atomic mass is 16.5. The van der Waals surface area contributed by atoms with Gasteiger partial charge in [0.15, 0.2) is 5.78 Å². The van der Waals surface area contributed by atoms with E-state index in [1.807, 2.05) is 6.92 Å². The minimum absolute atomic E-state index is 0.0731. The van der Waals surface area contributed by atoms with E-state index in [2.05, 4.69) is 0 Å². The van der Waals surface area contributed by atoms with Crippen molar-refractivity contribution >= 4 is 11.7 Å². The number of Topliss-reactive ketones (excluding diaryl/α,β-unsaturated/α-hetero) is 1. The molecule has 4 nitrogen and oxygen atoms in total. The van der Waals surface area contributed by atoms with E-state index in [-0.39, 0.29) is 23.7 Å². The lowest BCUT2D eigenvalue weighted by molar-refractivity contribution is -0.135. The number of hydrogen-bond acceptors (Lipinski definition) is 3. The van der Waals surface area contributed by atoms with Gasteiger partial charge in [-0.2, -0.15) is 0 Å². The van der Waals surface area contributed by atoms with Gasteiger partial charge in [-0.25, -0.2) is 0 Å². The maximum Gasteiger partial charge on any atom is 0.223 e. The zero-order valence-corrected chi connectivity index (χ0v) is 9.66. The molecule has 0 N–H and O–H groups in total. The summed E-state index contributed by atoms with van der Waals surface area (Å²) in [5.74, 6) is 0.402. The van der Waals surface area contributed by atoms with Crippen LogP contribution in [0.25, 0.3) is 0 Å². The number of methoxy groups -OCH3 is 1. The first-order valence-electron chi connectivity index (χ1n) is 5.39. The van der Waals surface area contributed by atoms with Crippen LogP contribution in [0.1, 0.15) is 26.7 Å². The van der Waals surface area contributed by atoms with E-state index in [1.165, 1.54) is 0 Å². The molecule has 0 radical (unpaired) electrons. The van der Waals surface area contributed by atoms with Crippen molar-refractivity contribution in [2.45, 2.75) is 32.7 Å². The molecule has 0 spiro atoms. The Balaban J connectivity index is 2.63. The van der Waals surface area contributed by atoms with Crippen LogP contribution in [0.4, 0.5) is 0 Å². The quantitative estimate of drug-likeness (QED) is 0.680. The standard InChI is InChI=1S/C11H19NO3/c1-4-10(8(2)13)12-6-9(7-15-3)5-11(12)14/h9-10H,4-7H2,1-3H3. The van der Waals surface area contributed by atoms with Crippen molar-refractivity contribution in [2.24, 2.45) is 5.92 Å². The van der Waals surface area contributed by atoms with Crippen molar-refractivity contribution < 1.29 is 14.3 Å². The molecule has 0 saturated carbocycles. The number of rotatable bonds is 5.